The van der Waals surface area contributed by atoms with E-state index in [9.17, 15) is 0 Å². The SMILES string of the molecule is Cc1ccc(CN(C)c2cnc(CCl)cn2)cc1. The topological polar surface area (TPSA) is 29.0 Å². The Bertz CT molecular complexity index is 493. The summed E-state index contributed by atoms with van der Waals surface area (Å²) in [6.45, 7) is 2.90. The van der Waals surface area contributed by atoms with Gasteiger partial charge in [-0.2, -0.15) is 0 Å². The summed E-state index contributed by atoms with van der Waals surface area (Å²) in [5.74, 6) is 1.25. The molecular formula is C14H16ClN3. The molecule has 18 heavy (non-hydrogen) atoms. The van der Waals surface area contributed by atoms with Gasteiger partial charge in [0.25, 0.3) is 0 Å². The van der Waals surface area contributed by atoms with Crippen LogP contribution in [0.5, 0.6) is 0 Å². The lowest BCUT2D eigenvalue weighted by atomic mass is 10.1. The lowest BCUT2D eigenvalue weighted by Crippen LogP contribution is -2.18. The van der Waals surface area contributed by atoms with E-state index in [4.69, 9.17) is 11.6 Å². The molecule has 0 N–H and O–H groups in total. The zero-order valence-electron chi connectivity index (χ0n) is 10.6. The van der Waals surface area contributed by atoms with Crippen molar-refractivity contribution in [2.75, 3.05) is 11.9 Å². The number of alkyl halides is 1. The highest BCUT2D eigenvalue weighted by molar-refractivity contribution is 6.16. The minimum absolute atomic E-state index is 0.398. The van der Waals surface area contributed by atoms with Gasteiger partial charge in [-0.25, -0.2) is 4.98 Å². The molecule has 0 fully saturated rings. The minimum atomic E-state index is 0.398. The molecule has 0 radical (unpaired) electrons. The summed E-state index contributed by atoms with van der Waals surface area (Å²) in [5.41, 5.74) is 3.32. The number of rotatable bonds is 4. The molecule has 3 nitrogen and oxygen atoms in total. The van der Waals surface area contributed by atoms with Gasteiger partial charge >= 0.3 is 0 Å². The molecule has 4 heteroatoms. The Labute approximate surface area is 112 Å². The zero-order chi connectivity index (χ0) is 13.0. The van der Waals surface area contributed by atoms with Gasteiger partial charge in [-0.05, 0) is 12.5 Å². The van der Waals surface area contributed by atoms with E-state index in [0.29, 0.717) is 5.88 Å². The normalized spacial score (nSPS) is 10.4. The van der Waals surface area contributed by atoms with E-state index in [1.807, 2.05) is 7.05 Å². The largest absolute Gasteiger partial charge is 0.354 e. The number of halogens is 1. The molecular weight excluding hydrogens is 246 g/mol. The summed E-state index contributed by atoms with van der Waals surface area (Å²) in [7, 11) is 2.00. The van der Waals surface area contributed by atoms with Crippen molar-refractivity contribution in [3.05, 3.63) is 53.5 Å². The summed E-state index contributed by atoms with van der Waals surface area (Å²) >= 11 is 5.69. The maximum Gasteiger partial charge on any atom is 0.147 e. The first-order valence-electron chi connectivity index (χ1n) is 5.82. The van der Waals surface area contributed by atoms with E-state index in [1.165, 1.54) is 11.1 Å². The maximum atomic E-state index is 5.69. The van der Waals surface area contributed by atoms with Gasteiger partial charge in [-0.15, -0.1) is 11.6 Å². The van der Waals surface area contributed by atoms with Crippen LogP contribution in [0.25, 0.3) is 0 Å². The summed E-state index contributed by atoms with van der Waals surface area (Å²) < 4.78 is 0. The van der Waals surface area contributed by atoms with Gasteiger partial charge < -0.3 is 4.90 Å². The molecule has 1 aromatic carbocycles. The van der Waals surface area contributed by atoms with E-state index in [1.54, 1.807) is 12.4 Å². The van der Waals surface area contributed by atoms with E-state index in [-0.39, 0.29) is 0 Å². The molecule has 1 heterocycles. The second-order valence-electron chi connectivity index (χ2n) is 4.34. The fourth-order valence-electron chi connectivity index (χ4n) is 1.66. The van der Waals surface area contributed by atoms with Crippen molar-refractivity contribution < 1.29 is 0 Å². The zero-order valence-corrected chi connectivity index (χ0v) is 11.4. The Morgan fingerprint density at radius 2 is 1.83 bits per heavy atom. The molecule has 2 rings (SSSR count). The maximum absolute atomic E-state index is 5.69. The molecule has 0 aliphatic heterocycles. The van der Waals surface area contributed by atoms with E-state index < -0.39 is 0 Å². The number of aromatic nitrogens is 2. The summed E-state index contributed by atoms with van der Waals surface area (Å²) in [4.78, 5) is 10.6. The molecule has 0 aliphatic carbocycles. The van der Waals surface area contributed by atoms with Crippen LogP contribution in [0.3, 0.4) is 0 Å². The van der Waals surface area contributed by atoms with E-state index in [0.717, 1.165) is 18.1 Å². The van der Waals surface area contributed by atoms with Gasteiger partial charge in [0.05, 0.1) is 24.0 Å². The second-order valence-corrected chi connectivity index (χ2v) is 4.61. The predicted molar refractivity (Wildman–Crippen MR) is 74.9 cm³/mol. The van der Waals surface area contributed by atoms with Crippen LogP contribution in [-0.2, 0) is 12.4 Å². The third-order valence-electron chi connectivity index (χ3n) is 2.76. The van der Waals surface area contributed by atoms with Crippen LogP contribution < -0.4 is 4.90 Å². The van der Waals surface area contributed by atoms with Crippen LogP contribution in [0.4, 0.5) is 5.82 Å². The van der Waals surface area contributed by atoms with Crippen LogP contribution in [0.15, 0.2) is 36.7 Å². The highest BCUT2D eigenvalue weighted by Gasteiger charge is 2.04. The monoisotopic (exact) mass is 261 g/mol. The lowest BCUT2D eigenvalue weighted by molar-refractivity contribution is 0.884. The number of hydrogen-bond donors (Lipinski definition) is 0. The fraction of sp³-hybridized carbons (Fsp3) is 0.286. The van der Waals surface area contributed by atoms with Gasteiger partial charge in [0.1, 0.15) is 5.82 Å². The van der Waals surface area contributed by atoms with Gasteiger partial charge in [-0.3, -0.25) is 4.98 Å². The van der Waals surface area contributed by atoms with Gasteiger partial charge in [0.2, 0.25) is 0 Å². The van der Waals surface area contributed by atoms with Crippen molar-refractivity contribution in [3.8, 4) is 0 Å². The van der Waals surface area contributed by atoms with Crippen molar-refractivity contribution in [2.24, 2.45) is 0 Å². The fourth-order valence-corrected chi connectivity index (χ4v) is 1.80. The molecule has 0 aliphatic rings. The lowest BCUT2D eigenvalue weighted by Gasteiger charge is -2.18. The Morgan fingerprint density at radius 1 is 1.11 bits per heavy atom. The van der Waals surface area contributed by atoms with E-state index in [2.05, 4.69) is 46.1 Å². The quantitative estimate of drug-likeness (QED) is 0.792. The highest BCUT2D eigenvalue weighted by Crippen LogP contribution is 2.12. The van der Waals surface area contributed by atoms with Crippen molar-refractivity contribution in [1.29, 1.82) is 0 Å². The molecule has 1 aromatic heterocycles. The molecule has 0 unspecified atom stereocenters. The molecule has 0 atom stereocenters. The smallest absolute Gasteiger partial charge is 0.147 e. The number of anilines is 1. The summed E-state index contributed by atoms with van der Waals surface area (Å²) in [6, 6.07) is 8.50. The Kier molecular flexibility index (Phi) is 4.15. The average molecular weight is 262 g/mol. The second kappa shape index (κ2) is 5.83. The van der Waals surface area contributed by atoms with Gasteiger partial charge in [-0.1, -0.05) is 29.8 Å². The standard InChI is InChI=1S/C14H16ClN3/c1-11-3-5-12(6-4-11)10-18(2)14-9-16-13(7-15)8-17-14/h3-6,8-9H,7,10H2,1-2H3. The van der Waals surface area contributed by atoms with Gasteiger partial charge in [0, 0.05) is 13.6 Å². The van der Waals surface area contributed by atoms with Crippen LogP contribution in [0.2, 0.25) is 0 Å². The first kappa shape index (κ1) is 12.8. The first-order valence-corrected chi connectivity index (χ1v) is 6.36. The molecule has 2 aromatic rings. The van der Waals surface area contributed by atoms with Gasteiger partial charge in [0.15, 0.2) is 0 Å². The predicted octanol–water partition coefficient (Wildman–Crippen LogP) is 3.16. The van der Waals surface area contributed by atoms with Crippen molar-refractivity contribution in [3.63, 3.8) is 0 Å². The molecule has 0 saturated carbocycles. The first-order chi connectivity index (χ1) is 8.69. The van der Waals surface area contributed by atoms with Crippen molar-refractivity contribution in [1.82, 2.24) is 9.97 Å². The van der Waals surface area contributed by atoms with Crippen molar-refractivity contribution in [2.45, 2.75) is 19.3 Å². The third-order valence-corrected chi connectivity index (χ3v) is 3.03. The molecule has 94 valence electrons. The summed E-state index contributed by atoms with van der Waals surface area (Å²) in [6.07, 6.45) is 3.47. The van der Waals surface area contributed by atoms with Crippen LogP contribution in [-0.4, -0.2) is 17.0 Å². The highest BCUT2D eigenvalue weighted by atomic mass is 35.5. The minimum Gasteiger partial charge on any atom is -0.354 e. The molecule has 0 spiro atoms. The van der Waals surface area contributed by atoms with E-state index >= 15 is 0 Å². The van der Waals surface area contributed by atoms with Crippen LogP contribution in [0, 0.1) is 6.92 Å². The Balaban J connectivity index is 2.06. The van der Waals surface area contributed by atoms with Crippen LogP contribution in [0.1, 0.15) is 16.8 Å². The number of hydrogen-bond acceptors (Lipinski definition) is 3. The average Bonchev–Trinajstić information content (AvgIpc) is 2.41. The van der Waals surface area contributed by atoms with Crippen molar-refractivity contribution >= 4 is 17.4 Å². The summed E-state index contributed by atoms with van der Waals surface area (Å²) in [5, 5.41) is 0. The van der Waals surface area contributed by atoms with Crippen LogP contribution >= 0.6 is 11.6 Å². The number of nitrogens with zero attached hydrogens (tertiary/aromatic N) is 3. The molecule has 0 saturated heterocycles. The third kappa shape index (κ3) is 3.20. The Hall–Kier alpha value is -1.61. The molecule has 0 bridgehead atoms. The molecule has 0 amide bonds. The Morgan fingerprint density at radius 3 is 2.39 bits per heavy atom. The number of aryl methyl sites for hydroxylation is 1. The number of benzene rings is 1.